The van der Waals surface area contributed by atoms with Crippen LogP contribution >= 0.6 is 0 Å². The molecule has 21 heavy (non-hydrogen) atoms. The molecule has 8 heteroatoms. The van der Waals surface area contributed by atoms with Crippen molar-refractivity contribution in [3.8, 4) is 0 Å². The summed E-state index contributed by atoms with van der Waals surface area (Å²) in [7, 11) is 0. The van der Waals surface area contributed by atoms with E-state index in [1.165, 1.54) is 0 Å². The molecule has 0 bridgehead atoms. The van der Waals surface area contributed by atoms with E-state index in [2.05, 4.69) is 5.32 Å². The van der Waals surface area contributed by atoms with Gasteiger partial charge in [0, 0.05) is 30.5 Å². The van der Waals surface area contributed by atoms with Crippen LogP contribution in [0.2, 0.25) is 0 Å². The fourth-order valence-corrected chi connectivity index (χ4v) is 1.92. The summed E-state index contributed by atoms with van der Waals surface area (Å²) in [6.45, 7) is 3.46. The van der Waals surface area contributed by atoms with Crippen molar-refractivity contribution in [1.29, 1.82) is 0 Å². The van der Waals surface area contributed by atoms with Crippen molar-refractivity contribution in [1.82, 2.24) is 0 Å². The number of alkyl halides is 3. The maximum atomic E-state index is 13.0. The molecule has 0 aromatic heterocycles. The Bertz CT molecular complexity index is 504. The quantitative estimate of drug-likeness (QED) is 0.623. The highest BCUT2D eigenvalue weighted by Crippen LogP contribution is 2.37. The number of anilines is 1. The van der Waals surface area contributed by atoms with Gasteiger partial charge in [0.2, 0.25) is 0 Å². The molecule has 0 saturated heterocycles. The number of rotatable bonds is 6. The molecule has 0 aliphatic carbocycles. The van der Waals surface area contributed by atoms with Crippen LogP contribution in [0.3, 0.4) is 0 Å². The number of nitro groups is 1. The molecule has 0 aliphatic heterocycles. The lowest BCUT2D eigenvalue weighted by Crippen LogP contribution is -2.28. The summed E-state index contributed by atoms with van der Waals surface area (Å²) in [6.07, 6.45) is -4.42. The fourth-order valence-electron chi connectivity index (χ4n) is 1.92. The van der Waals surface area contributed by atoms with E-state index in [4.69, 9.17) is 5.11 Å². The second kappa shape index (κ2) is 6.75. The zero-order valence-electron chi connectivity index (χ0n) is 11.6. The van der Waals surface area contributed by atoms with Crippen molar-refractivity contribution in [3.63, 3.8) is 0 Å². The highest BCUT2D eigenvalue weighted by atomic mass is 19.4. The summed E-state index contributed by atoms with van der Waals surface area (Å²) in [5.41, 5.74) is -1.92. The van der Waals surface area contributed by atoms with Crippen molar-refractivity contribution < 1.29 is 23.2 Å². The maximum absolute atomic E-state index is 13.0. The Kier molecular flexibility index (Phi) is 5.54. The number of nitrogens with zero attached hydrogens (tertiary/aromatic N) is 1. The highest BCUT2D eigenvalue weighted by Gasteiger charge is 2.35. The van der Waals surface area contributed by atoms with Crippen LogP contribution in [0.25, 0.3) is 0 Å². The van der Waals surface area contributed by atoms with Gasteiger partial charge in [-0.15, -0.1) is 0 Å². The number of nitro benzene ring substituents is 1. The second-order valence-electron chi connectivity index (χ2n) is 4.99. The molecule has 118 valence electrons. The van der Waals surface area contributed by atoms with E-state index in [0.29, 0.717) is 6.07 Å². The number of non-ortho nitro benzene ring substituents is 1. The van der Waals surface area contributed by atoms with E-state index in [-0.39, 0.29) is 30.7 Å². The van der Waals surface area contributed by atoms with Crippen molar-refractivity contribution in [2.45, 2.75) is 32.5 Å². The van der Waals surface area contributed by atoms with Gasteiger partial charge < -0.3 is 10.4 Å². The first-order valence-corrected chi connectivity index (χ1v) is 6.39. The molecule has 0 fully saturated rings. The Morgan fingerprint density at radius 1 is 1.38 bits per heavy atom. The van der Waals surface area contributed by atoms with Crippen LogP contribution < -0.4 is 5.32 Å². The number of hydrogen-bond donors (Lipinski definition) is 2. The third-order valence-electron chi connectivity index (χ3n) is 3.11. The molecule has 1 aromatic carbocycles. The lowest BCUT2D eigenvalue weighted by molar-refractivity contribution is -0.385. The first kappa shape index (κ1) is 17.2. The van der Waals surface area contributed by atoms with Crippen LogP contribution in [-0.2, 0) is 6.18 Å². The summed E-state index contributed by atoms with van der Waals surface area (Å²) in [5.74, 6) is -0.00609. The molecule has 5 nitrogen and oxygen atoms in total. The predicted molar refractivity (Wildman–Crippen MR) is 72.0 cm³/mol. The van der Waals surface area contributed by atoms with Gasteiger partial charge in [0.25, 0.3) is 5.69 Å². The molecular weight excluding hydrogens is 289 g/mol. The Balaban J connectivity index is 3.19. The SMILES string of the molecule is CC(C)C(CCO)Nc1ccc([N+](=O)[O-])cc1C(F)(F)F. The van der Waals surface area contributed by atoms with Gasteiger partial charge in [-0.2, -0.15) is 13.2 Å². The molecule has 1 aromatic rings. The largest absolute Gasteiger partial charge is 0.418 e. The minimum atomic E-state index is -4.70. The van der Waals surface area contributed by atoms with E-state index in [1.807, 2.05) is 13.8 Å². The van der Waals surface area contributed by atoms with Gasteiger partial charge in [-0.3, -0.25) is 10.1 Å². The van der Waals surface area contributed by atoms with Crippen molar-refractivity contribution in [3.05, 3.63) is 33.9 Å². The minimum Gasteiger partial charge on any atom is -0.396 e. The number of aliphatic hydroxyl groups is 1. The molecule has 1 rings (SSSR count). The van der Waals surface area contributed by atoms with Crippen LogP contribution in [0.5, 0.6) is 0 Å². The van der Waals surface area contributed by atoms with Gasteiger partial charge in [0.15, 0.2) is 0 Å². The van der Waals surface area contributed by atoms with E-state index >= 15 is 0 Å². The number of aliphatic hydroxyl groups excluding tert-OH is 1. The standard InChI is InChI=1S/C13H17F3N2O3/c1-8(2)11(5-6-19)17-12-4-3-9(18(20)21)7-10(12)13(14,15)16/h3-4,7-8,11,17,19H,5-6H2,1-2H3. The van der Waals surface area contributed by atoms with E-state index in [9.17, 15) is 23.3 Å². The first-order chi connectivity index (χ1) is 9.66. The van der Waals surface area contributed by atoms with Crippen molar-refractivity contribution in [2.75, 3.05) is 11.9 Å². The van der Waals surface area contributed by atoms with Gasteiger partial charge >= 0.3 is 6.18 Å². The van der Waals surface area contributed by atoms with Crippen LogP contribution in [0.15, 0.2) is 18.2 Å². The van der Waals surface area contributed by atoms with E-state index in [0.717, 1.165) is 12.1 Å². The van der Waals surface area contributed by atoms with Crippen LogP contribution in [0.1, 0.15) is 25.8 Å². The van der Waals surface area contributed by atoms with Gasteiger partial charge in [0.1, 0.15) is 0 Å². The molecule has 0 heterocycles. The first-order valence-electron chi connectivity index (χ1n) is 6.39. The minimum absolute atomic E-state index is 0.00609. The lowest BCUT2D eigenvalue weighted by atomic mass is 10.00. The van der Waals surface area contributed by atoms with E-state index < -0.39 is 22.4 Å². The van der Waals surface area contributed by atoms with Crippen LogP contribution in [-0.4, -0.2) is 22.7 Å². The topological polar surface area (TPSA) is 75.4 Å². The summed E-state index contributed by atoms with van der Waals surface area (Å²) in [4.78, 5) is 9.74. The molecule has 2 N–H and O–H groups in total. The third kappa shape index (κ3) is 4.59. The number of nitrogens with one attached hydrogen (secondary N) is 1. The predicted octanol–water partition coefficient (Wildman–Crippen LogP) is 3.43. The zero-order valence-corrected chi connectivity index (χ0v) is 11.6. The average Bonchev–Trinajstić information content (AvgIpc) is 2.36. The molecular formula is C13H17F3N2O3. The summed E-state index contributed by atoms with van der Waals surface area (Å²) in [6, 6.07) is 2.22. The number of benzene rings is 1. The summed E-state index contributed by atoms with van der Waals surface area (Å²) in [5, 5.41) is 22.3. The Morgan fingerprint density at radius 2 is 2.00 bits per heavy atom. The van der Waals surface area contributed by atoms with Gasteiger partial charge in [-0.25, -0.2) is 0 Å². The molecule has 1 atom stereocenters. The zero-order chi connectivity index (χ0) is 16.2. The Labute approximate surface area is 119 Å². The number of halogens is 3. The average molecular weight is 306 g/mol. The molecule has 0 spiro atoms. The maximum Gasteiger partial charge on any atom is 0.418 e. The van der Waals surface area contributed by atoms with Gasteiger partial charge in [-0.1, -0.05) is 13.8 Å². The second-order valence-corrected chi connectivity index (χ2v) is 4.99. The smallest absolute Gasteiger partial charge is 0.396 e. The summed E-state index contributed by atoms with van der Waals surface area (Å²) >= 11 is 0. The van der Waals surface area contributed by atoms with Crippen LogP contribution in [0, 0.1) is 16.0 Å². The fraction of sp³-hybridized carbons (Fsp3) is 0.538. The van der Waals surface area contributed by atoms with Gasteiger partial charge in [-0.05, 0) is 18.4 Å². The summed E-state index contributed by atoms with van der Waals surface area (Å²) < 4.78 is 39.1. The van der Waals surface area contributed by atoms with Crippen molar-refractivity contribution in [2.24, 2.45) is 5.92 Å². The normalized spacial score (nSPS) is 13.3. The number of hydrogen-bond acceptors (Lipinski definition) is 4. The van der Waals surface area contributed by atoms with E-state index in [1.54, 1.807) is 0 Å². The van der Waals surface area contributed by atoms with Crippen LogP contribution in [0.4, 0.5) is 24.5 Å². The monoisotopic (exact) mass is 306 g/mol. The van der Waals surface area contributed by atoms with Crippen molar-refractivity contribution >= 4 is 11.4 Å². The molecule has 0 aliphatic rings. The molecule has 0 saturated carbocycles. The Morgan fingerprint density at radius 3 is 2.43 bits per heavy atom. The molecule has 1 unspecified atom stereocenters. The molecule has 0 radical (unpaired) electrons. The third-order valence-corrected chi connectivity index (χ3v) is 3.11. The van der Waals surface area contributed by atoms with Gasteiger partial charge in [0.05, 0.1) is 10.5 Å². The highest BCUT2D eigenvalue weighted by molar-refractivity contribution is 5.58. The lowest BCUT2D eigenvalue weighted by Gasteiger charge is -2.24. The Hall–Kier alpha value is -1.83. The molecule has 0 amide bonds.